The van der Waals surface area contributed by atoms with E-state index in [9.17, 15) is 19.8 Å². The van der Waals surface area contributed by atoms with Gasteiger partial charge in [0.1, 0.15) is 10.8 Å². The average Bonchev–Trinajstić information content (AvgIpc) is 3.24. The highest BCUT2D eigenvalue weighted by molar-refractivity contribution is 7.15. The summed E-state index contributed by atoms with van der Waals surface area (Å²) >= 11 is 1.56. The number of aromatic carboxylic acids is 1. The van der Waals surface area contributed by atoms with Crippen LogP contribution in [0.4, 0.5) is 0 Å². The van der Waals surface area contributed by atoms with Gasteiger partial charge in [0.05, 0.1) is 11.8 Å². The summed E-state index contributed by atoms with van der Waals surface area (Å²) in [7, 11) is 0. The van der Waals surface area contributed by atoms with Crippen LogP contribution >= 0.6 is 11.3 Å². The van der Waals surface area contributed by atoms with Crippen LogP contribution < -0.4 is 5.43 Å². The number of carboxylic acids is 1. The van der Waals surface area contributed by atoms with Gasteiger partial charge in [-0.2, -0.15) is 5.10 Å². The largest absolute Gasteiger partial charge is 0.508 e. The van der Waals surface area contributed by atoms with Crippen LogP contribution in [0.15, 0.2) is 35.4 Å². The summed E-state index contributed by atoms with van der Waals surface area (Å²) in [5, 5.41) is 24.2. The zero-order valence-corrected chi connectivity index (χ0v) is 18.1. The van der Waals surface area contributed by atoms with E-state index >= 15 is 0 Å². The number of benzene rings is 1. The Morgan fingerprint density at radius 1 is 1.19 bits per heavy atom. The number of phenols is 1. The van der Waals surface area contributed by atoms with Crippen LogP contribution in [0.3, 0.4) is 0 Å². The van der Waals surface area contributed by atoms with Crippen molar-refractivity contribution in [1.29, 1.82) is 0 Å². The minimum atomic E-state index is -0.893. The number of aryl methyl sites for hydroxylation is 2. The van der Waals surface area contributed by atoms with Gasteiger partial charge in [-0.3, -0.25) is 4.79 Å². The molecule has 160 valence electrons. The maximum absolute atomic E-state index is 12.2. The Morgan fingerprint density at radius 2 is 1.97 bits per heavy atom. The maximum atomic E-state index is 12.2. The zero-order valence-electron chi connectivity index (χ0n) is 17.3. The molecule has 7 nitrogen and oxygen atoms in total. The Hall–Kier alpha value is -3.39. The molecule has 0 atom stereocenters. The first-order valence-corrected chi connectivity index (χ1v) is 10.9. The van der Waals surface area contributed by atoms with Gasteiger partial charge in [0, 0.05) is 27.4 Å². The number of carbonyl (C=O) groups excluding carboxylic acids is 1. The fourth-order valence-electron chi connectivity index (χ4n) is 4.03. The van der Waals surface area contributed by atoms with E-state index in [0.717, 1.165) is 53.2 Å². The van der Waals surface area contributed by atoms with Crippen LogP contribution in [0.5, 0.6) is 5.75 Å². The highest BCUT2D eigenvalue weighted by atomic mass is 32.1. The number of fused-ring (bicyclic) bond motifs is 1. The van der Waals surface area contributed by atoms with Crippen LogP contribution in [0.2, 0.25) is 0 Å². The number of hydrazone groups is 1. The van der Waals surface area contributed by atoms with Crippen molar-refractivity contribution in [3.05, 3.63) is 68.9 Å². The number of thiophene rings is 1. The molecule has 2 heterocycles. The molecule has 1 aliphatic rings. The molecule has 0 unspecified atom stereocenters. The lowest BCUT2D eigenvalue weighted by Gasteiger charge is -2.11. The second-order valence-corrected chi connectivity index (χ2v) is 8.69. The summed E-state index contributed by atoms with van der Waals surface area (Å²) in [5.41, 5.74) is 6.68. The van der Waals surface area contributed by atoms with Crippen molar-refractivity contribution >= 4 is 29.4 Å². The Bertz CT molecular complexity index is 1210. The first kappa shape index (κ1) is 20.9. The molecule has 3 N–H and O–H groups in total. The number of hydrogen-bond acceptors (Lipinski definition) is 5. The maximum Gasteiger partial charge on any atom is 0.339 e. The van der Waals surface area contributed by atoms with Crippen molar-refractivity contribution in [2.45, 2.75) is 39.5 Å². The van der Waals surface area contributed by atoms with Gasteiger partial charge in [0.15, 0.2) is 0 Å². The van der Waals surface area contributed by atoms with Crippen LogP contribution in [-0.2, 0) is 12.8 Å². The predicted molar refractivity (Wildman–Crippen MR) is 120 cm³/mol. The van der Waals surface area contributed by atoms with E-state index in [4.69, 9.17) is 0 Å². The third-order valence-electron chi connectivity index (χ3n) is 5.52. The predicted octanol–water partition coefficient (Wildman–Crippen LogP) is 4.20. The first-order chi connectivity index (χ1) is 14.9. The summed E-state index contributed by atoms with van der Waals surface area (Å²) in [6.07, 6.45) is 5.39. The van der Waals surface area contributed by atoms with Crippen molar-refractivity contribution in [3.63, 3.8) is 0 Å². The zero-order chi connectivity index (χ0) is 22.1. The number of aromatic nitrogens is 1. The second kappa shape index (κ2) is 8.39. The molecule has 0 bridgehead atoms. The molecule has 1 amide bonds. The average molecular weight is 438 g/mol. The summed E-state index contributed by atoms with van der Waals surface area (Å²) in [6, 6.07) is 7.94. The Balaban J connectivity index is 1.63. The molecule has 31 heavy (non-hydrogen) atoms. The number of carbonyl (C=O) groups is 2. The number of aromatic hydroxyl groups is 1. The molecule has 3 aromatic rings. The fraction of sp³-hybridized carbons (Fsp3) is 0.261. The molecular formula is C23H23N3O4S. The number of hydrogen-bond donors (Lipinski definition) is 3. The summed E-state index contributed by atoms with van der Waals surface area (Å²) < 4.78 is 1.96. The standard InChI is InChI=1S/C23H23N3O4S/c1-13-10-16(12-24-25-21(28)15-6-5-7-17(27)11-15)14(2)26(13)22-20(23(29)30)18-8-3-4-9-19(18)31-22/h5-7,10-12,27H,3-4,8-9H2,1-2H3,(H,25,28)(H,29,30)/b24-12+. The van der Waals surface area contributed by atoms with Crippen molar-refractivity contribution in [2.24, 2.45) is 5.10 Å². The molecule has 0 radical (unpaired) electrons. The van der Waals surface area contributed by atoms with Gasteiger partial charge < -0.3 is 14.8 Å². The van der Waals surface area contributed by atoms with Gasteiger partial charge in [0.2, 0.25) is 0 Å². The quantitative estimate of drug-likeness (QED) is 0.411. The summed E-state index contributed by atoms with van der Waals surface area (Å²) in [6.45, 7) is 3.84. The SMILES string of the molecule is Cc1cc(/C=N/NC(=O)c2cccc(O)c2)c(C)n1-c1sc2c(c1C(=O)O)CCCC2. The lowest BCUT2D eigenvalue weighted by Crippen LogP contribution is -2.17. The van der Waals surface area contributed by atoms with Gasteiger partial charge in [-0.1, -0.05) is 6.07 Å². The third-order valence-corrected chi connectivity index (χ3v) is 6.80. The Morgan fingerprint density at radius 3 is 2.71 bits per heavy atom. The van der Waals surface area contributed by atoms with Crippen LogP contribution in [0.1, 0.15) is 60.9 Å². The Labute approximate surface area is 183 Å². The van der Waals surface area contributed by atoms with Gasteiger partial charge in [-0.05, 0) is 69.4 Å². The molecule has 0 fully saturated rings. The van der Waals surface area contributed by atoms with E-state index in [1.165, 1.54) is 17.0 Å². The molecule has 2 aromatic heterocycles. The van der Waals surface area contributed by atoms with Crippen molar-refractivity contribution in [3.8, 4) is 10.8 Å². The highest BCUT2D eigenvalue weighted by Gasteiger charge is 2.27. The third kappa shape index (κ3) is 3.98. The summed E-state index contributed by atoms with van der Waals surface area (Å²) in [5.74, 6) is -1.32. The van der Waals surface area contributed by atoms with Crippen LogP contribution in [0, 0.1) is 13.8 Å². The number of nitrogens with one attached hydrogen (secondary N) is 1. The molecule has 0 saturated heterocycles. The van der Waals surface area contributed by atoms with Gasteiger partial charge >= 0.3 is 5.97 Å². The molecule has 0 saturated carbocycles. The topological polar surface area (TPSA) is 104 Å². The minimum Gasteiger partial charge on any atom is -0.508 e. The number of amides is 1. The van der Waals surface area contributed by atoms with Crippen molar-refractivity contribution < 1.29 is 19.8 Å². The smallest absolute Gasteiger partial charge is 0.339 e. The number of carboxylic acid groups (broad SMARTS) is 1. The fourth-order valence-corrected chi connectivity index (χ4v) is 5.52. The first-order valence-electron chi connectivity index (χ1n) is 10.1. The highest BCUT2D eigenvalue weighted by Crippen LogP contribution is 2.38. The number of phenolic OH excluding ortho intramolecular Hbond substituents is 1. The van der Waals surface area contributed by atoms with Gasteiger partial charge in [-0.25, -0.2) is 10.2 Å². The number of rotatable bonds is 5. The lowest BCUT2D eigenvalue weighted by atomic mass is 9.95. The Kier molecular flexibility index (Phi) is 5.65. The summed E-state index contributed by atoms with van der Waals surface area (Å²) in [4.78, 5) is 25.4. The van der Waals surface area contributed by atoms with E-state index in [2.05, 4.69) is 10.5 Å². The molecule has 1 aliphatic carbocycles. The van der Waals surface area contributed by atoms with Gasteiger partial charge in [0.25, 0.3) is 5.91 Å². The van der Waals surface area contributed by atoms with E-state index in [-0.39, 0.29) is 5.75 Å². The molecule has 0 spiro atoms. The molecule has 4 rings (SSSR count). The van der Waals surface area contributed by atoms with E-state index in [1.54, 1.807) is 29.7 Å². The monoisotopic (exact) mass is 437 g/mol. The molecule has 8 heteroatoms. The number of nitrogens with zero attached hydrogens (tertiary/aromatic N) is 2. The minimum absolute atomic E-state index is 0.00746. The van der Waals surface area contributed by atoms with E-state index in [1.807, 2.05) is 24.5 Å². The van der Waals surface area contributed by atoms with Crippen molar-refractivity contribution in [1.82, 2.24) is 9.99 Å². The molecule has 0 aliphatic heterocycles. The molecule has 1 aromatic carbocycles. The normalized spacial score (nSPS) is 13.4. The second-order valence-electron chi connectivity index (χ2n) is 7.61. The molecular weight excluding hydrogens is 414 g/mol. The van der Waals surface area contributed by atoms with E-state index < -0.39 is 11.9 Å². The van der Waals surface area contributed by atoms with E-state index in [0.29, 0.717) is 11.1 Å². The lowest BCUT2D eigenvalue weighted by molar-refractivity contribution is 0.0695. The van der Waals surface area contributed by atoms with Gasteiger partial charge in [-0.15, -0.1) is 11.3 Å². The van der Waals surface area contributed by atoms with Crippen molar-refractivity contribution in [2.75, 3.05) is 0 Å². The van der Waals surface area contributed by atoms with Crippen LogP contribution in [0.25, 0.3) is 5.00 Å². The van der Waals surface area contributed by atoms with Crippen LogP contribution in [-0.4, -0.2) is 32.9 Å².